The second-order valence-corrected chi connectivity index (χ2v) is 8.93. The third kappa shape index (κ3) is 4.75. The first kappa shape index (κ1) is 24.4. The first-order chi connectivity index (χ1) is 18.0. The lowest BCUT2D eigenvalue weighted by molar-refractivity contribution is -0.128. The molecule has 1 saturated heterocycles. The Balaban J connectivity index is 1.41. The first-order valence-corrected chi connectivity index (χ1v) is 12.2. The van der Waals surface area contributed by atoms with Crippen LogP contribution in [0.5, 0.6) is 17.2 Å². The summed E-state index contributed by atoms with van der Waals surface area (Å²) in [6.45, 7) is 6.97. The van der Waals surface area contributed by atoms with Crippen LogP contribution in [-0.2, 0) is 4.79 Å². The Labute approximate surface area is 215 Å². The molecule has 0 aliphatic carbocycles. The van der Waals surface area contributed by atoms with Crippen molar-refractivity contribution in [1.82, 2.24) is 19.6 Å². The molecule has 0 spiro atoms. The SMILES string of the molecule is C=CC(=O)N1CCN([C@@H]2CCNc3c2nn(-c2ccc(Oc4ccccc4OC)cc2)c3C(N)=O)CC1. The number of hydrogen-bond donors (Lipinski definition) is 2. The van der Waals surface area contributed by atoms with Crippen LogP contribution in [0.4, 0.5) is 5.69 Å². The molecule has 10 heteroatoms. The quantitative estimate of drug-likeness (QED) is 0.478. The minimum atomic E-state index is -0.558. The summed E-state index contributed by atoms with van der Waals surface area (Å²) >= 11 is 0. The number of hydrogen-bond acceptors (Lipinski definition) is 7. The molecule has 0 saturated carbocycles. The van der Waals surface area contributed by atoms with Crippen molar-refractivity contribution in [2.45, 2.75) is 12.5 Å². The van der Waals surface area contributed by atoms with Gasteiger partial charge in [-0.25, -0.2) is 4.68 Å². The number of carbonyl (C=O) groups excluding carboxylic acids is 2. The van der Waals surface area contributed by atoms with Crippen molar-refractivity contribution < 1.29 is 19.1 Å². The third-order valence-electron chi connectivity index (χ3n) is 6.80. The first-order valence-electron chi connectivity index (χ1n) is 12.2. The highest BCUT2D eigenvalue weighted by molar-refractivity contribution is 5.98. The Hall–Kier alpha value is -4.31. The van der Waals surface area contributed by atoms with Gasteiger partial charge in [-0.2, -0.15) is 5.10 Å². The lowest BCUT2D eigenvalue weighted by Gasteiger charge is -2.40. The fourth-order valence-electron chi connectivity index (χ4n) is 4.95. The number of nitrogens with two attached hydrogens (primary N) is 1. The second-order valence-electron chi connectivity index (χ2n) is 8.93. The minimum absolute atomic E-state index is 0.0183. The molecule has 37 heavy (non-hydrogen) atoms. The van der Waals surface area contributed by atoms with Crippen molar-refractivity contribution in [2.24, 2.45) is 5.73 Å². The van der Waals surface area contributed by atoms with Crippen molar-refractivity contribution in [3.63, 3.8) is 0 Å². The van der Waals surface area contributed by atoms with E-state index >= 15 is 0 Å². The topological polar surface area (TPSA) is 115 Å². The zero-order chi connectivity index (χ0) is 25.9. The van der Waals surface area contributed by atoms with E-state index in [-0.39, 0.29) is 11.9 Å². The molecule has 2 aliphatic rings. The van der Waals surface area contributed by atoms with Gasteiger partial charge in [0.25, 0.3) is 5.91 Å². The summed E-state index contributed by atoms with van der Waals surface area (Å²) < 4.78 is 12.9. The van der Waals surface area contributed by atoms with Gasteiger partial charge in [0.05, 0.1) is 24.5 Å². The van der Waals surface area contributed by atoms with Gasteiger partial charge in [-0.05, 0) is 48.9 Å². The van der Waals surface area contributed by atoms with Gasteiger partial charge in [0.2, 0.25) is 5.91 Å². The molecule has 10 nitrogen and oxygen atoms in total. The van der Waals surface area contributed by atoms with E-state index in [1.807, 2.05) is 48.5 Å². The van der Waals surface area contributed by atoms with E-state index in [1.165, 1.54) is 6.08 Å². The van der Waals surface area contributed by atoms with Crippen molar-refractivity contribution in [3.05, 3.63) is 72.6 Å². The Kier molecular flexibility index (Phi) is 6.82. The number of primary amides is 1. The van der Waals surface area contributed by atoms with Crippen molar-refractivity contribution >= 4 is 17.5 Å². The monoisotopic (exact) mass is 502 g/mol. The molecule has 1 atom stereocenters. The lowest BCUT2D eigenvalue weighted by atomic mass is 10.0. The molecule has 1 aromatic heterocycles. The predicted octanol–water partition coefficient (Wildman–Crippen LogP) is 2.96. The van der Waals surface area contributed by atoms with Crippen LogP contribution >= 0.6 is 0 Å². The van der Waals surface area contributed by atoms with E-state index in [0.29, 0.717) is 54.0 Å². The standard InChI is InChI=1S/C27H30N6O4/c1-3-23(34)32-16-14-31(15-17-32)20-12-13-29-25-24(20)30-33(26(25)27(28)35)18-8-10-19(11-9-18)37-22-7-5-4-6-21(22)36-2/h3-11,20,29H,1,12-17H2,2H3,(H2,28,35)/t20-/m1/s1. The number of para-hydroxylation sites is 2. The summed E-state index contributed by atoms with van der Waals surface area (Å²) in [4.78, 5) is 28.7. The summed E-state index contributed by atoms with van der Waals surface area (Å²) in [5.74, 6) is 1.25. The summed E-state index contributed by atoms with van der Waals surface area (Å²) in [5, 5.41) is 8.20. The Morgan fingerprint density at radius 2 is 1.78 bits per heavy atom. The molecule has 3 aromatic rings. The highest BCUT2D eigenvalue weighted by Gasteiger charge is 2.35. The molecule has 0 bridgehead atoms. The maximum atomic E-state index is 12.6. The number of rotatable bonds is 7. The average Bonchev–Trinajstić information content (AvgIpc) is 3.33. The number of benzene rings is 2. The Bertz CT molecular complexity index is 1310. The molecule has 3 N–H and O–H groups in total. The maximum Gasteiger partial charge on any atom is 0.269 e. The number of aromatic nitrogens is 2. The number of fused-ring (bicyclic) bond motifs is 1. The highest BCUT2D eigenvalue weighted by atomic mass is 16.5. The van der Waals surface area contributed by atoms with Crippen LogP contribution < -0.4 is 20.5 Å². The highest BCUT2D eigenvalue weighted by Crippen LogP contribution is 2.38. The van der Waals surface area contributed by atoms with Gasteiger partial charge in [-0.15, -0.1) is 0 Å². The van der Waals surface area contributed by atoms with Crippen molar-refractivity contribution in [1.29, 1.82) is 0 Å². The van der Waals surface area contributed by atoms with Gasteiger partial charge in [-0.3, -0.25) is 14.5 Å². The molecule has 2 aliphatic heterocycles. The van der Waals surface area contributed by atoms with Gasteiger partial charge in [0.15, 0.2) is 17.2 Å². The molecule has 0 radical (unpaired) electrons. The number of amides is 2. The normalized spacial score (nSPS) is 17.4. The van der Waals surface area contributed by atoms with Crippen LogP contribution in [0, 0.1) is 0 Å². The van der Waals surface area contributed by atoms with Crippen LogP contribution in [0.15, 0.2) is 61.2 Å². The molecular formula is C27H30N6O4. The van der Waals surface area contributed by atoms with Crippen LogP contribution in [0.3, 0.4) is 0 Å². The van der Waals surface area contributed by atoms with Gasteiger partial charge in [0.1, 0.15) is 11.4 Å². The average molecular weight is 503 g/mol. The van der Waals surface area contributed by atoms with Gasteiger partial charge >= 0.3 is 0 Å². The molecule has 0 unspecified atom stereocenters. The summed E-state index contributed by atoms with van der Waals surface area (Å²) in [6.07, 6.45) is 2.19. The zero-order valence-electron chi connectivity index (χ0n) is 20.7. The largest absolute Gasteiger partial charge is 0.493 e. The third-order valence-corrected chi connectivity index (χ3v) is 6.80. The summed E-state index contributed by atoms with van der Waals surface area (Å²) in [5.41, 5.74) is 8.30. The number of carbonyl (C=O) groups is 2. The van der Waals surface area contributed by atoms with E-state index in [1.54, 1.807) is 16.7 Å². The Morgan fingerprint density at radius 3 is 2.43 bits per heavy atom. The molecule has 2 aromatic carbocycles. The zero-order valence-corrected chi connectivity index (χ0v) is 20.7. The molecular weight excluding hydrogens is 472 g/mol. The van der Waals surface area contributed by atoms with Gasteiger partial charge < -0.3 is 25.4 Å². The number of nitrogens with zero attached hydrogens (tertiary/aromatic N) is 4. The molecule has 5 rings (SSSR count). The fraction of sp³-hybridized carbons (Fsp3) is 0.296. The molecule has 2 amide bonds. The predicted molar refractivity (Wildman–Crippen MR) is 139 cm³/mol. The van der Waals surface area contributed by atoms with E-state index in [4.69, 9.17) is 20.3 Å². The van der Waals surface area contributed by atoms with Crippen LogP contribution in [0.25, 0.3) is 5.69 Å². The molecule has 1 fully saturated rings. The Morgan fingerprint density at radius 1 is 1.08 bits per heavy atom. The number of nitrogens with one attached hydrogen (secondary N) is 1. The number of anilines is 1. The number of piperazine rings is 1. The smallest absolute Gasteiger partial charge is 0.269 e. The number of methoxy groups -OCH3 is 1. The summed E-state index contributed by atoms with van der Waals surface area (Å²) in [6, 6.07) is 14.7. The van der Waals surface area contributed by atoms with Crippen LogP contribution in [0.1, 0.15) is 28.6 Å². The van der Waals surface area contributed by atoms with Crippen molar-refractivity contribution in [3.8, 4) is 22.9 Å². The van der Waals surface area contributed by atoms with E-state index in [0.717, 1.165) is 25.2 Å². The lowest BCUT2D eigenvalue weighted by Crippen LogP contribution is -2.50. The molecule has 3 heterocycles. The van der Waals surface area contributed by atoms with Crippen LogP contribution in [0.2, 0.25) is 0 Å². The van der Waals surface area contributed by atoms with Crippen LogP contribution in [-0.4, -0.2) is 71.2 Å². The van der Waals surface area contributed by atoms with Gasteiger partial charge in [0, 0.05) is 32.7 Å². The summed E-state index contributed by atoms with van der Waals surface area (Å²) in [7, 11) is 1.60. The van der Waals surface area contributed by atoms with E-state index in [2.05, 4.69) is 16.8 Å². The van der Waals surface area contributed by atoms with E-state index in [9.17, 15) is 9.59 Å². The van der Waals surface area contributed by atoms with Crippen molar-refractivity contribution in [2.75, 3.05) is 45.2 Å². The fourth-order valence-corrected chi connectivity index (χ4v) is 4.95. The van der Waals surface area contributed by atoms with Gasteiger partial charge in [-0.1, -0.05) is 18.7 Å². The molecule has 192 valence electrons. The minimum Gasteiger partial charge on any atom is -0.493 e. The maximum absolute atomic E-state index is 12.6. The van der Waals surface area contributed by atoms with E-state index < -0.39 is 5.91 Å². The second kappa shape index (κ2) is 10.4. The number of ether oxygens (including phenoxy) is 2.